The molecule has 0 aliphatic heterocycles. The molecule has 0 aromatic carbocycles. The van der Waals surface area contributed by atoms with Gasteiger partial charge in [0.05, 0.1) is 16.8 Å². The number of imidazole rings is 1. The van der Waals surface area contributed by atoms with Gasteiger partial charge in [-0.2, -0.15) is 0 Å². The Morgan fingerprint density at radius 1 is 1.50 bits per heavy atom. The van der Waals surface area contributed by atoms with Gasteiger partial charge in [-0.15, -0.1) is 11.3 Å². The zero-order valence-corrected chi connectivity index (χ0v) is 9.44. The minimum atomic E-state index is 0.939. The van der Waals surface area contributed by atoms with Crippen molar-refractivity contribution in [2.75, 3.05) is 0 Å². The topological polar surface area (TPSA) is 28.7 Å². The lowest BCUT2D eigenvalue weighted by Crippen LogP contribution is -1.71. The van der Waals surface area contributed by atoms with Gasteiger partial charge in [0.25, 0.3) is 0 Å². The molecule has 0 spiro atoms. The fraction of sp³-hybridized carbons (Fsp3) is 0.125. The maximum absolute atomic E-state index is 4.14. The summed E-state index contributed by atoms with van der Waals surface area (Å²) in [5.74, 6) is 0. The Bertz CT molecular complexity index is 353. The summed E-state index contributed by atoms with van der Waals surface area (Å²) in [6.45, 7) is 2.11. The molecule has 0 aliphatic carbocycles. The van der Waals surface area contributed by atoms with Crippen molar-refractivity contribution in [3.05, 3.63) is 27.0 Å². The Labute approximate surface area is 88.2 Å². The first-order chi connectivity index (χ1) is 5.75. The monoisotopic (exact) mass is 290 g/mol. The lowest BCUT2D eigenvalue weighted by atomic mass is 10.4. The number of aromatic amines is 1. The molecular weight excluding hydrogens is 283 g/mol. The van der Waals surface area contributed by atoms with Gasteiger partial charge in [-0.3, -0.25) is 0 Å². The minimum Gasteiger partial charge on any atom is -0.333 e. The molecule has 0 aliphatic rings. The van der Waals surface area contributed by atoms with Crippen LogP contribution in [0, 0.1) is 10.8 Å². The van der Waals surface area contributed by atoms with Gasteiger partial charge < -0.3 is 4.98 Å². The number of nitrogens with one attached hydrogen (secondary N) is 1. The van der Waals surface area contributed by atoms with Crippen molar-refractivity contribution in [3.8, 4) is 10.6 Å². The third-order valence-corrected chi connectivity index (χ3v) is 3.13. The zero-order valence-electron chi connectivity index (χ0n) is 6.47. The normalized spacial score (nSPS) is 10.5. The predicted octanol–water partition coefficient (Wildman–Crippen LogP) is 3.05. The lowest BCUT2D eigenvalue weighted by Gasteiger charge is -1.87. The summed E-state index contributed by atoms with van der Waals surface area (Å²) in [4.78, 5) is 9.91. The van der Waals surface area contributed by atoms with Gasteiger partial charge >= 0.3 is 0 Å². The second-order valence-electron chi connectivity index (χ2n) is 2.50. The molecule has 0 bridgehead atoms. The summed E-state index contributed by atoms with van der Waals surface area (Å²) in [5.41, 5.74) is 1.11. The summed E-state index contributed by atoms with van der Waals surface area (Å²) >= 11 is 3.95. The van der Waals surface area contributed by atoms with Crippen LogP contribution in [0.4, 0.5) is 0 Å². The maximum atomic E-state index is 4.14. The average molecular weight is 290 g/mol. The number of aromatic nitrogens is 2. The second kappa shape index (κ2) is 3.18. The van der Waals surface area contributed by atoms with Crippen LogP contribution in [0.25, 0.3) is 10.6 Å². The number of halogens is 1. The summed E-state index contributed by atoms with van der Waals surface area (Å²) in [7, 11) is 0. The number of H-pyrrole nitrogens is 1. The van der Waals surface area contributed by atoms with E-state index in [1.165, 1.54) is 9.75 Å². The Kier molecular flexibility index (Phi) is 2.18. The molecule has 2 aromatic heterocycles. The zero-order chi connectivity index (χ0) is 8.55. The smallest absolute Gasteiger partial charge is 0.169 e. The number of aryl methyl sites for hydroxylation is 1. The highest BCUT2D eigenvalue weighted by atomic mass is 127. The fourth-order valence-electron chi connectivity index (χ4n) is 1.00. The molecule has 12 heavy (non-hydrogen) atoms. The van der Waals surface area contributed by atoms with Gasteiger partial charge in [-0.05, 0) is 41.6 Å². The molecule has 0 radical (unpaired) electrons. The van der Waals surface area contributed by atoms with Gasteiger partial charge in [0.2, 0.25) is 0 Å². The molecule has 0 fully saturated rings. The first-order valence-corrected chi connectivity index (χ1v) is 5.42. The molecule has 2 aromatic rings. The Morgan fingerprint density at radius 3 is 2.83 bits per heavy atom. The van der Waals surface area contributed by atoms with Crippen LogP contribution in [0.1, 0.15) is 4.88 Å². The third-order valence-electron chi connectivity index (χ3n) is 1.55. The molecule has 0 unspecified atom stereocenters. The summed E-state index contributed by atoms with van der Waals surface area (Å²) in [5, 5.41) is 0. The van der Waals surface area contributed by atoms with Crippen LogP contribution >= 0.6 is 33.9 Å². The third kappa shape index (κ3) is 1.54. The predicted molar refractivity (Wildman–Crippen MR) is 59.4 cm³/mol. The van der Waals surface area contributed by atoms with Crippen LogP contribution in [-0.4, -0.2) is 9.97 Å². The van der Waals surface area contributed by atoms with Crippen molar-refractivity contribution in [2.24, 2.45) is 0 Å². The van der Waals surface area contributed by atoms with Crippen LogP contribution in [-0.2, 0) is 0 Å². The van der Waals surface area contributed by atoms with Crippen molar-refractivity contribution in [1.82, 2.24) is 9.97 Å². The highest BCUT2D eigenvalue weighted by Gasteiger charge is 2.02. The van der Waals surface area contributed by atoms with E-state index in [-0.39, 0.29) is 0 Å². The SMILES string of the molecule is Cc1ccc(-c2cnc(I)[nH]2)s1. The van der Waals surface area contributed by atoms with E-state index in [4.69, 9.17) is 0 Å². The van der Waals surface area contributed by atoms with E-state index in [0.717, 1.165) is 9.53 Å². The fourth-order valence-corrected chi connectivity index (χ4v) is 2.26. The van der Waals surface area contributed by atoms with E-state index < -0.39 is 0 Å². The largest absolute Gasteiger partial charge is 0.333 e. The van der Waals surface area contributed by atoms with E-state index in [0.29, 0.717) is 0 Å². The summed E-state index contributed by atoms with van der Waals surface area (Å²) in [6, 6.07) is 4.23. The Morgan fingerprint density at radius 2 is 2.33 bits per heavy atom. The van der Waals surface area contributed by atoms with Gasteiger partial charge in [0, 0.05) is 4.88 Å². The highest BCUT2D eigenvalue weighted by molar-refractivity contribution is 14.1. The van der Waals surface area contributed by atoms with E-state index in [1.54, 1.807) is 11.3 Å². The average Bonchev–Trinajstić information content (AvgIpc) is 2.58. The molecule has 2 nitrogen and oxygen atoms in total. The van der Waals surface area contributed by atoms with Crippen LogP contribution in [0.15, 0.2) is 18.3 Å². The van der Waals surface area contributed by atoms with Gasteiger partial charge in [0.15, 0.2) is 3.83 Å². The van der Waals surface area contributed by atoms with Crippen molar-refractivity contribution in [2.45, 2.75) is 6.92 Å². The van der Waals surface area contributed by atoms with E-state index >= 15 is 0 Å². The molecule has 0 saturated carbocycles. The quantitative estimate of drug-likeness (QED) is 0.803. The molecule has 2 rings (SSSR count). The molecular formula is C8H7IN2S. The number of hydrogen-bond donors (Lipinski definition) is 1. The first kappa shape index (κ1) is 8.25. The molecule has 1 N–H and O–H groups in total. The minimum absolute atomic E-state index is 0.939. The van der Waals surface area contributed by atoms with E-state index in [9.17, 15) is 0 Å². The van der Waals surface area contributed by atoms with Crippen molar-refractivity contribution in [1.29, 1.82) is 0 Å². The molecule has 0 atom stereocenters. The molecule has 62 valence electrons. The maximum Gasteiger partial charge on any atom is 0.169 e. The Balaban J connectivity index is 2.43. The van der Waals surface area contributed by atoms with Crippen molar-refractivity contribution in [3.63, 3.8) is 0 Å². The summed E-state index contributed by atoms with van der Waals surface area (Å²) in [6.07, 6.45) is 1.87. The van der Waals surface area contributed by atoms with Gasteiger partial charge in [-0.25, -0.2) is 4.98 Å². The highest BCUT2D eigenvalue weighted by Crippen LogP contribution is 2.25. The van der Waals surface area contributed by atoms with Crippen molar-refractivity contribution >= 4 is 33.9 Å². The second-order valence-corrected chi connectivity index (χ2v) is 4.81. The molecule has 2 heterocycles. The number of nitrogens with zero attached hydrogens (tertiary/aromatic N) is 1. The van der Waals surface area contributed by atoms with Gasteiger partial charge in [0.1, 0.15) is 0 Å². The van der Waals surface area contributed by atoms with Crippen LogP contribution in [0.2, 0.25) is 0 Å². The molecule has 0 amide bonds. The van der Waals surface area contributed by atoms with E-state index in [2.05, 4.69) is 51.6 Å². The number of hydrogen-bond acceptors (Lipinski definition) is 2. The lowest BCUT2D eigenvalue weighted by molar-refractivity contribution is 1.23. The van der Waals surface area contributed by atoms with Crippen LogP contribution < -0.4 is 0 Å². The van der Waals surface area contributed by atoms with Crippen LogP contribution in [0.5, 0.6) is 0 Å². The van der Waals surface area contributed by atoms with E-state index in [1.807, 2.05) is 6.20 Å². The summed E-state index contributed by atoms with van der Waals surface area (Å²) < 4.78 is 0.939. The number of rotatable bonds is 1. The molecule has 4 heteroatoms. The first-order valence-electron chi connectivity index (χ1n) is 3.53. The standard InChI is InChI=1S/C8H7IN2S/c1-5-2-3-7(12-5)6-4-10-8(9)11-6/h2-4H,1H3,(H,10,11). The van der Waals surface area contributed by atoms with Crippen LogP contribution in [0.3, 0.4) is 0 Å². The Hall–Kier alpha value is -0.360. The molecule has 0 saturated heterocycles. The van der Waals surface area contributed by atoms with Gasteiger partial charge in [-0.1, -0.05) is 0 Å². The van der Waals surface area contributed by atoms with Crippen molar-refractivity contribution < 1.29 is 0 Å². The number of thiophene rings is 1.